The number of aromatic amines is 1. The number of aromatic nitrogens is 3. The number of benzene rings is 1. The summed E-state index contributed by atoms with van der Waals surface area (Å²) in [5.41, 5.74) is 1.55. The van der Waals surface area contributed by atoms with Gasteiger partial charge in [0, 0.05) is 25.1 Å². The average Bonchev–Trinajstić information content (AvgIpc) is 3.20. The van der Waals surface area contributed by atoms with Crippen molar-refractivity contribution in [2.24, 2.45) is 0 Å². The Labute approximate surface area is 133 Å². The molecule has 0 aliphatic carbocycles. The van der Waals surface area contributed by atoms with Gasteiger partial charge in [-0.1, -0.05) is 12.1 Å². The highest BCUT2D eigenvalue weighted by Crippen LogP contribution is 2.23. The van der Waals surface area contributed by atoms with Gasteiger partial charge in [-0.3, -0.25) is 4.79 Å². The van der Waals surface area contributed by atoms with Crippen molar-refractivity contribution >= 4 is 5.91 Å². The molecule has 3 rings (SSSR count). The summed E-state index contributed by atoms with van der Waals surface area (Å²) in [4.78, 5) is 13.4. The number of hydrogen-bond acceptors (Lipinski definition) is 5. The van der Waals surface area contributed by atoms with E-state index in [2.05, 4.69) is 15.4 Å². The topological polar surface area (TPSA) is 94.9 Å². The number of rotatable bonds is 6. The molecule has 0 atom stereocenters. The number of nitriles is 1. The highest BCUT2D eigenvalue weighted by Gasteiger charge is 2.19. The molecule has 2 aromatic rings. The van der Waals surface area contributed by atoms with Crippen LogP contribution in [0.1, 0.15) is 25.0 Å². The fraction of sp³-hybridized carbons (Fsp3) is 0.375. The smallest absolute Gasteiger partial charge is 0.222 e. The molecule has 1 aliphatic rings. The zero-order chi connectivity index (χ0) is 16.1. The third-order valence-electron chi connectivity index (χ3n) is 3.77. The van der Waals surface area contributed by atoms with Crippen LogP contribution in [0.2, 0.25) is 0 Å². The summed E-state index contributed by atoms with van der Waals surface area (Å²) in [5, 5.41) is 19.2. The number of amides is 1. The van der Waals surface area contributed by atoms with E-state index in [1.54, 1.807) is 0 Å². The third kappa shape index (κ3) is 3.48. The first-order valence-electron chi connectivity index (χ1n) is 7.60. The van der Waals surface area contributed by atoms with Crippen molar-refractivity contribution < 1.29 is 9.53 Å². The monoisotopic (exact) mass is 311 g/mol. The zero-order valence-corrected chi connectivity index (χ0v) is 12.7. The molecular formula is C16H17N5O2. The molecule has 1 aliphatic heterocycles. The third-order valence-corrected chi connectivity index (χ3v) is 3.77. The Bertz CT molecular complexity index is 734. The Morgan fingerprint density at radius 1 is 1.39 bits per heavy atom. The van der Waals surface area contributed by atoms with Gasteiger partial charge in [0.05, 0.1) is 6.61 Å². The van der Waals surface area contributed by atoms with E-state index < -0.39 is 0 Å². The van der Waals surface area contributed by atoms with Crippen molar-refractivity contribution in [3.63, 3.8) is 0 Å². The number of likely N-dealkylation sites (tertiary alicyclic amines) is 1. The van der Waals surface area contributed by atoms with Crippen molar-refractivity contribution in [1.29, 1.82) is 5.26 Å². The average molecular weight is 311 g/mol. The van der Waals surface area contributed by atoms with E-state index in [1.807, 2.05) is 35.2 Å². The largest absolute Gasteiger partial charge is 0.494 e. The van der Waals surface area contributed by atoms with Crippen LogP contribution in [0.4, 0.5) is 0 Å². The molecule has 0 saturated carbocycles. The second-order valence-corrected chi connectivity index (χ2v) is 5.35. The maximum Gasteiger partial charge on any atom is 0.222 e. The molecule has 1 N–H and O–H groups in total. The standard InChI is InChI=1S/C16H17N5O2/c17-11-14-16(19-20-18-14)12-4-1-5-13(10-12)23-9-3-8-21-7-2-6-15(21)22/h1,4-5,10H,2-3,6-9H2,(H,18,19,20). The molecule has 0 spiro atoms. The van der Waals surface area contributed by atoms with Crippen LogP contribution in [0.5, 0.6) is 5.75 Å². The van der Waals surface area contributed by atoms with E-state index in [1.165, 1.54) is 0 Å². The van der Waals surface area contributed by atoms with Crippen LogP contribution in [0.3, 0.4) is 0 Å². The van der Waals surface area contributed by atoms with Crippen molar-refractivity contribution in [1.82, 2.24) is 20.3 Å². The Hall–Kier alpha value is -2.88. The van der Waals surface area contributed by atoms with Gasteiger partial charge in [0.2, 0.25) is 5.91 Å². The first-order chi connectivity index (χ1) is 11.3. The van der Waals surface area contributed by atoms with Crippen LogP contribution in [0.25, 0.3) is 11.3 Å². The van der Waals surface area contributed by atoms with E-state index in [0.29, 0.717) is 24.5 Å². The van der Waals surface area contributed by atoms with Gasteiger partial charge in [-0.2, -0.15) is 15.6 Å². The van der Waals surface area contributed by atoms with Crippen LogP contribution in [0, 0.1) is 11.3 Å². The molecule has 23 heavy (non-hydrogen) atoms. The van der Waals surface area contributed by atoms with Crippen molar-refractivity contribution in [2.45, 2.75) is 19.3 Å². The molecule has 0 unspecified atom stereocenters. The van der Waals surface area contributed by atoms with Gasteiger partial charge in [-0.05, 0) is 25.0 Å². The molecule has 7 heteroatoms. The summed E-state index contributed by atoms with van der Waals surface area (Å²) in [5.74, 6) is 0.948. The molecule has 2 heterocycles. The van der Waals surface area contributed by atoms with E-state index in [-0.39, 0.29) is 11.6 Å². The normalized spacial score (nSPS) is 14.0. The van der Waals surface area contributed by atoms with Crippen molar-refractivity contribution in [2.75, 3.05) is 19.7 Å². The van der Waals surface area contributed by atoms with Crippen LogP contribution >= 0.6 is 0 Å². The number of nitrogens with zero attached hydrogens (tertiary/aromatic N) is 4. The van der Waals surface area contributed by atoms with Gasteiger partial charge >= 0.3 is 0 Å². The van der Waals surface area contributed by atoms with Gasteiger partial charge < -0.3 is 9.64 Å². The lowest BCUT2D eigenvalue weighted by atomic mass is 10.1. The van der Waals surface area contributed by atoms with Gasteiger partial charge in [-0.25, -0.2) is 0 Å². The predicted octanol–water partition coefficient (Wildman–Crippen LogP) is 1.73. The number of H-pyrrole nitrogens is 1. The maximum absolute atomic E-state index is 11.5. The lowest BCUT2D eigenvalue weighted by molar-refractivity contribution is -0.127. The number of nitrogens with one attached hydrogen (secondary N) is 1. The van der Waals surface area contributed by atoms with Crippen molar-refractivity contribution in [3.8, 4) is 23.1 Å². The molecule has 118 valence electrons. The number of hydrogen-bond donors (Lipinski definition) is 1. The zero-order valence-electron chi connectivity index (χ0n) is 12.7. The van der Waals surface area contributed by atoms with E-state index in [4.69, 9.17) is 10.00 Å². The van der Waals surface area contributed by atoms with Crippen molar-refractivity contribution in [3.05, 3.63) is 30.0 Å². The second-order valence-electron chi connectivity index (χ2n) is 5.35. The van der Waals surface area contributed by atoms with E-state index >= 15 is 0 Å². The molecular weight excluding hydrogens is 294 g/mol. The summed E-state index contributed by atoms with van der Waals surface area (Å²) in [6, 6.07) is 9.40. The number of carbonyl (C=O) groups excluding carboxylic acids is 1. The van der Waals surface area contributed by atoms with Crippen LogP contribution in [-0.2, 0) is 4.79 Å². The fourth-order valence-electron chi connectivity index (χ4n) is 2.63. The molecule has 1 aromatic carbocycles. The highest BCUT2D eigenvalue weighted by atomic mass is 16.5. The lowest BCUT2D eigenvalue weighted by Gasteiger charge is -2.15. The maximum atomic E-state index is 11.5. The summed E-state index contributed by atoms with van der Waals surface area (Å²) in [6.07, 6.45) is 2.42. The summed E-state index contributed by atoms with van der Waals surface area (Å²) < 4.78 is 5.73. The minimum Gasteiger partial charge on any atom is -0.494 e. The van der Waals surface area contributed by atoms with Crippen LogP contribution < -0.4 is 4.74 Å². The van der Waals surface area contributed by atoms with Gasteiger partial charge in [-0.15, -0.1) is 5.10 Å². The molecule has 0 radical (unpaired) electrons. The second kappa shape index (κ2) is 6.92. The van der Waals surface area contributed by atoms with Gasteiger partial charge in [0.15, 0.2) is 5.69 Å². The quantitative estimate of drug-likeness (QED) is 0.820. The first-order valence-corrected chi connectivity index (χ1v) is 7.60. The Morgan fingerprint density at radius 3 is 3.09 bits per heavy atom. The molecule has 1 aromatic heterocycles. The Kier molecular flexibility index (Phi) is 4.52. The Morgan fingerprint density at radius 2 is 2.30 bits per heavy atom. The number of ether oxygens (including phenoxy) is 1. The highest BCUT2D eigenvalue weighted by molar-refractivity contribution is 5.78. The summed E-state index contributed by atoms with van der Waals surface area (Å²) in [7, 11) is 0. The minimum atomic E-state index is 0.238. The fourth-order valence-corrected chi connectivity index (χ4v) is 2.63. The van der Waals surface area contributed by atoms with Crippen LogP contribution in [-0.4, -0.2) is 45.9 Å². The SMILES string of the molecule is N#Cc1n[nH]nc1-c1cccc(OCCCN2CCCC2=O)c1. The molecule has 1 saturated heterocycles. The van der Waals surface area contributed by atoms with Gasteiger partial charge in [0.1, 0.15) is 17.5 Å². The molecule has 0 bridgehead atoms. The molecule has 7 nitrogen and oxygen atoms in total. The first kappa shape index (κ1) is 15.0. The van der Waals surface area contributed by atoms with E-state index in [9.17, 15) is 4.79 Å². The van der Waals surface area contributed by atoms with E-state index in [0.717, 1.165) is 31.5 Å². The van der Waals surface area contributed by atoms with Crippen LogP contribution in [0.15, 0.2) is 24.3 Å². The predicted molar refractivity (Wildman–Crippen MR) is 82.5 cm³/mol. The summed E-state index contributed by atoms with van der Waals surface area (Å²) >= 11 is 0. The molecule has 1 amide bonds. The van der Waals surface area contributed by atoms with Gasteiger partial charge in [0.25, 0.3) is 0 Å². The molecule has 1 fully saturated rings. The minimum absolute atomic E-state index is 0.238. The Balaban J connectivity index is 1.56. The lowest BCUT2D eigenvalue weighted by Crippen LogP contribution is -2.26. The number of carbonyl (C=O) groups is 1. The summed E-state index contributed by atoms with van der Waals surface area (Å²) in [6.45, 7) is 2.13.